The van der Waals surface area contributed by atoms with E-state index in [1.54, 1.807) is 12.1 Å². The highest BCUT2D eigenvalue weighted by Gasteiger charge is 2.17. The third-order valence-corrected chi connectivity index (χ3v) is 9.51. The summed E-state index contributed by atoms with van der Waals surface area (Å²) in [6.07, 6.45) is 37.8. The molecule has 0 saturated heterocycles. The van der Waals surface area contributed by atoms with Crippen LogP contribution < -0.4 is 19.3 Å². The molecule has 0 amide bonds. The Bertz CT molecular complexity index is 807. The van der Waals surface area contributed by atoms with Gasteiger partial charge in [0.05, 0.1) is 25.8 Å². The van der Waals surface area contributed by atoms with Crippen molar-refractivity contribution in [2.75, 3.05) is 19.8 Å². The van der Waals surface area contributed by atoms with Crippen molar-refractivity contribution in [3.05, 3.63) is 17.7 Å². The van der Waals surface area contributed by atoms with Crippen LogP contribution in [-0.2, 0) is 0 Å². The maximum absolute atomic E-state index is 11.9. The Morgan fingerprint density at radius 2 is 0.667 bits per heavy atom. The van der Waals surface area contributed by atoms with Gasteiger partial charge in [-0.25, -0.2) is 0 Å². The van der Waals surface area contributed by atoms with E-state index >= 15 is 0 Å². The van der Waals surface area contributed by atoms with Crippen molar-refractivity contribution in [1.82, 2.24) is 0 Å². The number of hydrogen-bond acceptors (Lipinski definition) is 5. The lowest BCUT2D eigenvalue weighted by Crippen LogP contribution is -2.22. The molecular formula is C43H77O5-. The number of aromatic carboxylic acids is 1. The Kier molecular flexibility index (Phi) is 30.9. The third-order valence-electron chi connectivity index (χ3n) is 9.51. The van der Waals surface area contributed by atoms with Crippen molar-refractivity contribution in [3.8, 4) is 17.2 Å². The monoisotopic (exact) mass is 674 g/mol. The Morgan fingerprint density at radius 3 is 0.938 bits per heavy atom. The highest BCUT2D eigenvalue weighted by Crippen LogP contribution is 2.39. The SMILES string of the molecule is CCCCCCCCCCCCOc1cc(C(=O)[O-])cc(OCCCCCCCCCCCC)c1OCCCCCCCCCCCC. The van der Waals surface area contributed by atoms with E-state index in [1.807, 2.05) is 0 Å². The van der Waals surface area contributed by atoms with Crippen molar-refractivity contribution >= 4 is 5.97 Å². The van der Waals surface area contributed by atoms with Gasteiger partial charge in [0.25, 0.3) is 0 Å². The molecule has 280 valence electrons. The summed E-state index contributed by atoms with van der Waals surface area (Å²) in [5, 5.41) is 11.9. The van der Waals surface area contributed by atoms with E-state index in [-0.39, 0.29) is 5.56 Å². The third kappa shape index (κ3) is 25.1. The smallest absolute Gasteiger partial charge is 0.203 e. The molecule has 1 aromatic carbocycles. The molecule has 0 bridgehead atoms. The normalized spacial score (nSPS) is 11.2. The maximum Gasteiger partial charge on any atom is 0.203 e. The first-order chi connectivity index (χ1) is 23.6. The van der Waals surface area contributed by atoms with Gasteiger partial charge in [-0.2, -0.15) is 0 Å². The van der Waals surface area contributed by atoms with Gasteiger partial charge in [-0.3, -0.25) is 0 Å². The van der Waals surface area contributed by atoms with Gasteiger partial charge in [0.2, 0.25) is 5.75 Å². The standard InChI is InChI=1S/C43H78O5/c1-4-7-10-13-16-19-22-25-28-31-34-46-40-37-39(43(44)45)38-41(47-35-32-29-26-23-20-17-14-11-8-5-2)42(40)48-36-33-30-27-24-21-18-15-12-9-6-3/h37-38H,4-36H2,1-3H3,(H,44,45)/p-1. The van der Waals surface area contributed by atoms with Gasteiger partial charge in [0.15, 0.2) is 11.5 Å². The van der Waals surface area contributed by atoms with Crippen LogP contribution in [-0.4, -0.2) is 25.8 Å². The molecule has 0 atom stereocenters. The summed E-state index contributed by atoms with van der Waals surface area (Å²) < 4.78 is 18.7. The first-order valence-electron chi connectivity index (χ1n) is 20.9. The minimum Gasteiger partial charge on any atom is -0.545 e. The van der Waals surface area contributed by atoms with E-state index in [2.05, 4.69) is 20.8 Å². The number of hydrogen-bond donors (Lipinski definition) is 0. The number of carbonyl (C=O) groups excluding carboxylic acids is 1. The van der Waals surface area contributed by atoms with Crippen molar-refractivity contribution in [2.45, 2.75) is 213 Å². The molecule has 0 aliphatic carbocycles. The van der Waals surface area contributed by atoms with Gasteiger partial charge in [-0.15, -0.1) is 0 Å². The number of carboxylic acids is 1. The molecule has 0 N–H and O–H groups in total. The predicted molar refractivity (Wildman–Crippen MR) is 203 cm³/mol. The summed E-state index contributed by atoms with van der Waals surface area (Å²) in [6, 6.07) is 3.12. The van der Waals surface area contributed by atoms with E-state index in [0.717, 1.165) is 38.5 Å². The number of benzene rings is 1. The minimum absolute atomic E-state index is 0.0810. The molecule has 0 aliphatic heterocycles. The topological polar surface area (TPSA) is 67.8 Å². The molecule has 0 fully saturated rings. The Balaban J connectivity index is 2.61. The van der Waals surface area contributed by atoms with Crippen LogP contribution in [0.25, 0.3) is 0 Å². The molecule has 1 aromatic rings. The molecule has 1 rings (SSSR count). The van der Waals surface area contributed by atoms with Crippen molar-refractivity contribution < 1.29 is 24.1 Å². The number of carboxylic acid groups (broad SMARTS) is 1. The maximum atomic E-state index is 11.9. The average Bonchev–Trinajstić information content (AvgIpc) is 3.08. The number of carbonyl (C=O) groups is 1. The fourth-order valence-corrected chi connectivity index (χ4v) is 6.36. The lowest BCUT2D eigenvalue weighted by atomic mass is 10.1. The Hall–Kier alpha value is -1.91. The molecule has 0 heterocycles. The first-order valence-corrected chi connectivity index (χ1v) is 20.9. The van der Waals surface area contributed by atoms with E-state index < -0.39 is 5.97 Å². The van der Waals surface area contributed by atoms with Crippen molar-refractivity contribution in [1.29, 1.82) is 0 Å². The molecule has 48 heavy (non-hydrogen) atoms. The molecule has 0 spiro atoms. The second kappa shape index (κ2) is 33.6. The Morgan fingerprint density at radius 1 is 0.417 bits per heavy atom. The zero-order chi connectivity index (χ0) is 34.8. The largest absolute Gasteiger partial charge is 0.545 e. The lowest BCUT2D eigenvalue weighted by Gasteiger charge is -2.19. The second-order valence-corrected chi connectivity index (χ2v) is 14.2. The van der Waals surface area contributed by atoms with Crippen LogP contribution in [0.15, 0.2) is 12.1 Å². The average molecular weight is 674 g/mol. The van der Waals surface area contributed by atoms with Gasteiger partial charge in [-0.05, 0) is 31.4 Å². The quantitative estimate of drug-likeness (QED) is 0.0658. The molecule has 5 heteroatoms. The summed E-state index contributed by atoms with van der Waals surface area (Å²) in [5.74, 6) is 0.273. The van der Waals surface area contributed by atoms with Crippen LogP contribution in [0.1, 0.15) is 224 Å². The molecule has 0 aromatic heterocycles. The van der Waals surface area contributed by atoms with Gasteiger partial charge in [0, 0.05) is 5.56 Å². The summed E-state index contributed by atoms with van der Waals surface area (Å²) in [4.78, 5) is 11.9. The van der Waals surface area contributed by atoms with Crippen LogP contribution in [0.3, 0.4) is 0 Å². The number of rotatable bonds is 37. The molecule has 5 nitrogen and oxygen atoms in total. The summed E-state index contributed by atoms with van der Waals surface area (Å²) in [5.41, 5.74) is 0.0810. The molecule has 0 aliphatic rings. The Labute approximate surface area is 297 Å². The van der Waals surface area contributed by atoms with Crippen LogP contribution in [0.2, 0.25) is 0 Å². The fourth-order valence-electron chi connectivity index (χ4n) is 6.36. The molecule has 0 saturated carbocycles. The van der Waals surface area contributed by atoms with E-state index in [9.17, 15) is 9.90 Å². The highest BCUT2D eigenvalue weighted by atomic mass is 16.5. The van der Waals surface area contributed by atoms with Crippen LogP contribution in [0, 0.1) is 0 Å². The van der Waals surface area contributed by atoms with E-state index in [0.29, 0.717) is 37.1 Å². The summed E-state index contributed by atoms with van der Waals surface area (Å²) in [7, 11) is 0. The zero-order valence-electron chi connectivity index (χ0n) is 32.0. The summed E-state index contributed by atoms with van der Waals surface area (Å²) >= 11 is 0. The second-order valence-electron chi connectivity index (χ2n) is 14.2. The number of unbranched alkanes of at least 4 members (excludes halogenated alkanes) is 27. The van der Waals surface area contributed by atoms with Crippen LogP contribution >= 0.6 is 0 Å². The fraction of sp³-hybridized carbons (Fsp3) is 0.837. The zero-order valence-corrected chi connectivity index (χ0v) is 32.0. The van der Waals surface area contributed by atoms with Crippen molar-refractivity contribution in [2.24, 2.45) is 0 Å². The summed E-state index contributed by atoms with van der Waals surface area (Å²) in [6.45, 7) is 8.44. The van der Waals surface area contributed by atoms with Crippen molar-refractivity contribution in [3.63, 3.8) is 0 Å². The molecule has 0 unspecified atom stereocenters. The van der Waals surface area contributed by atoms with Gasteiger partial charge in [0.1, 0.15) is 0 Å². The van der Waals surface area contributed by atoms with Crippen LogP contribution in [0.5, 0.6) is 17.2 Å². The van der Waals surface area contributed by atoms with E-state index in [4.69, 9.17) is 14.2 Å². The molecular weight excluding hydrogens is 596 g/mol. The van der Waals surface area contributed by atoms with Gasteiger partial charge in [-0.1, -0.05) is 194 Å². The molecule has 0 radical (unpaired) electrons. The first kappa shape index (κ1) is 44.1. The lowest BCUT2D eigenvalue weighted by molar-refractivity contribution is -0.255. The van der Waals surface area contributed by atoms with Crippen LogP contribution in [0.4, 0.5) is 0 Å². The minimum atomic E-state index is -1.22. The predicted octanol–water partition coefficient (Wildman–Crippen LogP) is 12.9. The van der Waals surface area contributed by atoms with Gasteiger partial charge >= 0.3 is 0 Å². The number of ether oxygens (including phenoxy) is 3. The highest BCUT2D eigenvalue weighted by molar-refractivity contribution is 5.87. The van der Waals surface area contributed by atoms with Gasteiger partial charge < -0.3 is 24.1 Å². The van der Waals surface area contributed by atoms with E-state index in [1.165, 1.54) is 154 Å².